The molecule has 80 valence electrons. The highest BCUT2D eigenvalue weighted by molar-refractivity contribution is 6.12. The Balaban J connectivity index is 2.39. The molecule has 1 aliphatic rings. The van der Waals surface area contributed by atoms with Crippen molar-refractivity contribution in [2.75, 3.05) is 0 Å². The Morgan fingerprint density at radius 1 is 1.00 bits per heavy atom. The van der Waals surface area contributed by atoms with E-state index < -0.39 is 0 Å². The van der Waals surface area contributed by atoms with Crippen molar-refractivity contribution in [1.82, 2.24) is 0 Å². The third-order valence-electron chi connectivity index (χ3n) is 3.28. The minimum absolute atomic E-state index is 0.832. The van der Waals surface area contributed by atoms with Gasteiger partial charge in [-0.25, -0.2) is 0 Å². The lowest BCUT2D eigenvalue weighted by Crippen LogP contribution is -2.12. The lowest BCUT2D eigenvalue weighted by atomic mass is 9.86. The molecule has 0 spiro atoms. The van der Waals surface area contributed by atoms with E-state index in [0.717, 1.165) is 30.5 Å². The van der Waals surface area contributed by atoms with E-state index in [1.807, 2.05) is 12.1 Å². The van der Waals surface area contributed by atoms with Crippen LogP contribution in [0.3, 0.4) is 0 Å². The average Bonchev–Trinajstić information content (AvgIpc) is 2.37. The van der Waals surface area contributed by atoms with E-state index in [4.69, 9.17) is 5.21 Å². The third-order valence-corrected chi connectivity index (χ3v) is 3.28. The highest BCUT2D eigenvalue weighted by atomic mass is 16.4. The summed E-state index contributed by atoms with van der Waals surface area (Å²) < 4.78 is 0. The second-order valence-corrected chi connectivity index (χ2v) is 4.22. The summed E-state index contributed by atoms with van der Waals surface area (Å²) in [5.41, 5.74) is 3.28. The molecule has 2 nitrogen and oxygen atoms in total. The maximum absolute atomic E-state index is 9.09. The van der Waals surface area contributed by atoms with E-state index in [1.54, 1.807) is 0 Å². The predicted molar refractivity (Wildman–Crippen MR) is 65.2 cm³/mol. The van der Waals surface area contributed by atoms with Crippen LogP contribution in [0.25, 0.3) is 10.8 Å². The molecular weight excluding hydrogens is 198 g/mol. The molecule has 0 fully saturated rings. The predicted octanol–water partition coefficient (Wildman–Crippen LogP) is 3.35. The molecule has 2 aromatic carbocycles. The molecule has 0 amide bonds. The first-order valence-corrected chi connectivity index (χ1v) is 5.62. The van der Waals surface area contributed by atoms with Gasteiger partial charge < -0.3 is 5.21 Å². The summed E-state index contributed by atoms with van der Waals surface area (Å²) in [5, 5.41) is 15.0. The molecule has 0 saturated carbocycles. The maximum atomic E-state index is 9.09. The Morgan fingerprint density at radius 3 is 2.75 bits per heavy atom. The van der Waals surface area contributed by atoms with Gasteiger partial charge in [0.15, 0.2) is 0 Å². The molecule has 0 radical (unpaired) electrons. The van der Waals surface area contributed by atoms with Gasteiger partial charge in [0.25, 0.3) is 0 Å². The van der Waals surface area contributed by atoms with Crippen LogP contribution in [-0.4, -0.2) is 10.9 Å². The van der Waals surface area contributed by atoms with Crippen molar-refractivity contribution < 1.29 is 5.21 Å². The fraction of sp³-hybridized carbons (Fsp3) is 0.214. The van der Waals surface area contributed by atoms with Crippen LogP contribution in [0.2, 0.25) is 0 Å². The molecule has 2 heteroatoms. The second kappa shape index (κ2) is 3.63. The average molecular weight is 211 g/mol. The van der Waals surface area contributed by atoms with E-state index in [1.165, 1.54) is 16.3 Å². The molecule has 1 N–H and O–H groups in total. The maximum Gasteiger partial charge on any atom is 0.0876 e. The number of nitrogens with zero attached hydrogens (tertiary/aromatic N) is 1. The first-order chi connectivity index (χ1) is 7.90. The molecular formula is C14H13NO. The first-order valence-electron chi connectivity index (χ1n) is 5.62. The molecule has 16 heavy (non-hydrogen) atoms. The topological polar surface area (TPSA) is 32.6 Å². The number of rotatable bonds is 0. The highest BCUT2D eigenvalue weighted by Crippen LogP contribution is 2.29. The summed E-state index contributed by atoms with van der Waals surface area (Å²) in [6, 6.07) is 12.6. The smallest absolute Gasteiger partial charge is 0.0876 e. The van der Waals surface area contributed by atoms with Crippen molar-refractivity contribution in [2.45, 2.75) is 19.3 Å². The lowest BCUT2D eigenvalue weighted by molar-refractivity contribution is 0.317. The molecule has 0 saturated heterocycles. The third kappa shape index (κ3) is 1.30. The van der Waals surface area contributed by atoms with Gasteiger partial charge in [0.2, 0.25) is 0 Å². The van der Waals surface area contributed by atoms with E-state index in [0.29, 0.717) is 0 Å². The van der Waals surface area contributed by atoms with Gasteiger partial charge in [0, 0.05) is 5.56 Å². The van der Waals surface area contributed by atoms with Crippen LogP contribution in [-0.2, 0) is 6.42 Å². The largest absolute Gasteiger partial charge is 0.411 e. The van der Waals surface area contributed by atoms with Gasteiger partial charge in [0.1, 0.15) is 0 Å². The lowest BCUT2D eigenvalue weighted by Gasteiger charge is -2.18. The summed E-state index contributed by atoms with van der Waals surface area (Å²) in [6.45, 7) is 0. The highest BCUT2D eigenvalue weighted by Gasteiger charge is 2.18. The monoisotopic (exact) mass is 211 g/mol. The minimum Gasteiger partial charge on any atom is -0.411 e. The zero-order valence-electron chi connectivity index (χ0n) is 8.98. The number of aryl methyl sites for hydroxylation is 1. The van der Waals surface area contributed by atoms with Crippen LogP contribution >= 0.6 is 0 Å². The minimum atomic E-state index is 0.832. The SMILES string of the molecule is ON=C1CCCc2ccc3ccccc3c21. The standard InChI is InChI=1S/C14H13NO/c16-15-13-7-3-5-11-9-8-10-4-1-2-6-12(10)14(11)13/h1-2,4,6,8-9,16H,3,5,7H2. The van der Waals surface area contributed by atoms with Crippen molar-refractivity contribution in [3.8, 4) is 0 Å². The number of hydrogen-bond acceptors (Lipinski definition) is 2. The Bertz CT molecular complexity index is 572. The van der Waals surface area contributed by atoms with E-state index in [9.17, 15) is 0 Å². The van der Waals surface area contributed by atoms with Crippen LogP contribution < -0.4 is 0 Å². The summed E-state index contributed by atoms with van der Waals surface area (Å²) >= 11 is 0. The van der Waals surface area contributed by atoms with E-state index >= 15 is 0 Å². The van der Waals surface area contributed by atoms with Crippen molar-refractivity contribution in [1.29, 1.82) is 0 Å². The van der Waals surface area contributed by atoms with Gasteiger partial charge in [-0.3, -0.25) is 0 Å². The van der Waals surface area contributed by atoms with Gasteiger partial charge in [-0.05, 0) is 35.6 Å². The molecule has 0 bridgehead atoms. The van der Waals surface area contributed by atoms with Gasteiger partial charge in [-0.2, -0.15) is 0 Å². The molecule has 0 heterocycles. The van der Waals surface area contributed by atoms with Crippen LogP contribution in [0.5, 0.6) is 0 Å². The summed E-state index contributed by atoms with van der Waals surface area (Å²) in [7, 11) is 0. The normalized spacial score (nSPS) is 17.6. The number of benzene rings is 2. The Morgan fingerprint density at radius 2 is 1.88 bits per heavy atom. The fourth-order valence-electron chi connectivity index (χ4n) is 2.54. The number of hydrogen-bond donors (Lipinski definition) is 1. The zero-order valence-corrected chi connectivity index (χ0v) is 8.98. The fourth-order valence-corrected chi connectivity index (χ4v) is 2.54. The van der Waals surface area contributed by atoms with Crippen LogP contribution in [0.4, 0.5) is 0 Å². The molecule has 0 aromatic heterocycles. The summed E-state index contributed by atoms with van der Waals surface area (Å²) in [4.78, 5) is 0. The number of oxime groups is 1. The van der Waals surface area contributed by atoms with Crippen molar-refractivity contribution in [2.24, 2.45) is 5.16 Å². The zero-order chi connectivity index (χ0) is 11.0. The molecule has 0 atom stereocenters. The van der Waals surface area contributed by atoms with Crippen molar-refractivity contribution in [3.63, 3.8) is 0 Å². The Labute approximate surface area is 94.2 Å². The first kappa shape index (κ1) is 9.40. The van der Waals surface area contributed by atoms with Crippen LogP contribution in [0.15, 0.2) is 41.6 Å². The second-order valence-electron chi connectivity index (χ2n) is 4.22. The number of fused-ring (bicyclic) bond motifs is 3. The van der Waals surface area contributed by atoms with Crippen molar-refractivity contribution in [3.05, 3.63) is 47.5 Å². The van der Waals surface area contributed by atoms with Gasteiger partial charge in [0.05, 0.1) is 5.71 Å². The van der Waals surface area contributed by atoms with Crippen molar-refractivity contribution >= 4 is 16.5 Å². The summed E-state index contributed by atoms with van der Waals surface area (Å²) in [6.07, 6.45) is 3.03. The molecule has 3 rings (SSSR count). The van der Waals surface area contributed by atoms with E-state index in [-0.39, 0.29) is 0 Å². The van der Waals surface area contributed by atoms with Gasteiger partial charge >= 0.3 is 0 Å². The van der Waals surface area contributed by atoms with Gasteiger partial charge in [-0.15, -0.1) is 0 Å². The molecule has 0 unspecified atom stereocenters. The Kier molecular flexibility index (Phi) is 2.13. The Hall–Kier alpha value is -1.83. The van der Waals surface area contributed by atoms with Crippen LogP contribution in [0.1, 0.15) is 24.0 Å². The van der Waals surface area contributed by atoms with Gasteiger partial charge in [-0.1, -0.05) is 41.6 Å². The van der Waals surface area contributed by atoms with Crippen LogP contribution in [0, 0.1) is 0 Å². The summed E-state index contributed by atoms with van der Waals surface area (Å²) in [5.74, 6) is 0. The van der Waals surface area contributed by atoms with E-state index in [2.05, 4.69) is 29.4 Å². The molecule has 1 aliphatic carbocycles. The molecule has 0 aliphatic heterocycles. The quantitative estimate of drug-likeness (QED) is 0.526. The molecule has 2 aromatic rings.